The van der Waals surface area contributed by atoms with Crippen molar-refractivity contribution in [1.82, 2.24) is 4.98 Å². The molecule has 0 bridgehead atoms. The maximum absolute atomic E-state index is 11.1. The Hall–Kier alpha value is -1.58. The summed E-state index contributed by atoms with van der Waals surface area (Å²) in [4.78, 5) is 15.1. The second kappa shape index (κ2) is 4.09. The Morgan fingerprint density at radius 1 is 1.57 bits per heavy atom. The van der Waals surface area contributed by atoms with Crippen molar-refractivity contribution in [1.29, 1.82) is 0 Å². The highest BCUT2D eigenvalue weighted by molar-refractivity contribution is 5.94. The molecule has 1 rings (SSSR count). The number of primary amides is 1. The highest BCUT2D eigenvalue weighted by Gasteiger charge is 2.12. The third-order valence-electron chi connectivity index (χ3n) is 2.08. The van der Waals surface area contributed by atoms with Crippen molar-refractivity contribution in [2.75, 3.05) is 12.4 Å². The van der Waals surface area contributed by atoms with Gasteiger partial charge in [0, 0.05) is 13.2 Å². The van der Waals surface area contributed by atoms with Gasteiger partial charge in [-0.3, -0.25) is 4.79 Å². The van der Waals surface area contributed by atoms with Gasteiger partial charge in [0.25, 0.3) is 5.91 Å². The minimum atomic E-state index is -0.427. The highest BCUT2D eigenvalue weighted by Crippen LogP contribution is 2.20. The number of rotatable bonds is 3. The minimum Gasteiger partial charge on any atom is -0.373 e. The van der Waals surface area contributed by atoms with Crippen LogP contribution < -0.4 is 11.1 Å². The summed E-state index contributed by atoms with van der Waals surface area (Å²) < 4.78 is 0. The number of amides is 1. The lowest BCUT2D eigenvalue weighted by molar-refractivity contribution is 0.0998. The first kappa shape index (κ1) is 10.5. The molecule has 76 valence electrons. The first-order chi connectivity index (χ1) is 6.56. The number of nitrogens with two attached hydrogens (primary N) is 1. The van der Waals surface area contributed by atoms with Crippen LogP contribution in [0.15, 0.2) is 12.3 Å². The van der Waals surface area contributed by atoms with Gasteiger partial charge in [0.2, 0.25) is 0 Å². The van der Waals surface area contributed by atoms with Gasteiger partial charge in [0.15, 0.2) is 0 Å². The number of aromatic nitrogens is 1. The number of anilines is 1. The zero-order valence-electron chi connectivity index (χ0n) is 8.66. The molecular formula is C10H15N3O. The summed E-state index contributed by atoms with van der Waals surface area (Å²) >= 11 is 0. The smallest absolute Gasteiger partial charge is 0.250 e. The molecule has 1 aromatic rings. The van der Waals surface area contributed by atoms with Gasteiger partial charge in [0.05, 0.1) is 5.56 Å². The molecule has 0 aliphatic heterocycles. The summed E-state index contributed by atoms with van der Waals surface area (Å²) in [6.07, 6.45) is 1.52. The van der Waals surface area contributed by atoms with E-state index in [1.807, 2.05) is 19.9 Å². The van der Waals surface area contributed by atoms with E-state index in [2.05, 4.69) is 10.3 Å². The van der Waals surface area contributed by atoms with Gasteiger partial charge >= 0.3 is 0 Å². The molecule has 4 nitrogen and oxygen atoms in total. The first-order valence-electron chi connectivity index (χ1n) is 4.53. The second-order valence-electron chi connectivity index (χ2n) is 3.43. The van der Waals surface area contributed by atoms with Gasteiger partial charge in [0.1, 0.15) is 5.82 Å². The van der Waals surface area contributed by atoms with E-state index in [0.717, 1.165) is 11.4 Å². The van der Waals surface area contributed by atoms with E-state index in [9.17, 15) is 4.79 Å². The van der Waals surface area contributed by atoms with Gasteiger partial charge in [-0.2, -0.15) is 0 Å². The minimum absolute atomic E-state index is 0.257. The lowest BCUT2D eigenvalue weighted by Crippen LogP contribution is -2.15. The first-order valence-corrected chi connectivity index (χ1v) is 4.53. The summed E-state index contributed by atoms with van der Waals surface area (Å²) in [5.41, 5.74) is 6.67. The maximum atomic E-state index is 11.1. The molecule has 1 aromatic heterocycles. The van der Waals surface area contributed by atoms with Crippen LogP contribution in [0.3, 0.4) is 0 Å². The standard InChI is InChI=1S/C10H15N3O/c1-6(2)7-4-9(12-3)13-5-8(7)10(11)14/h4-6H,1-3H3,(H2,11,14)(H,12,13). The third-order valence-corrected chi connectivity index (χ3v) is 2.08. The number of pyridine rings is 1. The number of nitrogens with zero attached hydrogens (tertiary/aromatic N) is 1. The SMILES string of the molecule is CNc1cc(C(C)C)c(C(N)=O)cn1. The molecule has 0 atom stereocenters. The van der Waals surface area contributed by atoms with Crippen molar-refractivity contribution in [2.24, 2.45) is 5.73 Å². The highest BCUT2D eigenvalue weighted by atomic mass is 16.1. The van der Waals surface area contributed by atoms with Crippen LogP contribution in [-0.4, -0.2) is 17.9 Å². The molecule has 0 radical (unpaired) electrons. The summed E-state index contributed by atoms with van der Waals surface area (Å²) in [5, 5.41) is 2.93. The average Bonchev–Trinajstić information content (AvgIpc) is 2.16. The fourth-order valence-corrected chi connectivity index (χ4v) is 1.29. The number of carbonyl (C=O) groups excluding carboxylic acids is 1. The average molecular weight is 193 g/mol. The van der Waals surface area contributed by atoms with Crippen molar-refractivity contribution in [2.45, 2.75) is 19.8 Å². The van der Waals surface area contributed by atoms with E-state index in [0.29, 0.717) is 5.56 Å². The zero-order valence-corrected chi connectivity index (χ0v) is 8.66. The number of hydrogen-bond donors (Lipinski definition) is 2. The van der Waals surface area contributed by atoms with Crippen molar-refractivity contribution < 1.29 is 4.79 Å². The molecule has 3 N–H and O–H groups in total. The monoisotopic (exact) mass is 193 g/mol. The van der Waals surface area contributed by atoms with Crippen LogP contribution in [0.4, 0.5) is 5.82 Å². The van der Waals surface area contributed by atoms with E-state index in [1.54, 1.807) is 7.05 Å². The van der Waals surface area contributed by atoms with Gasteiger partial charge in [-0.1, -0.05) is 13.8 Å². The molecule has 0 fully saturated rings. The van der Waals surface area contributed by atoms with Crippen molar-refractivity contribution in [3.8, 4) is 0 Å². The number of nitrogens with one attached hydrogen (secondary N) is 1. The molecule has 4 heteroatoms. The van der Waals surface area contributed by atoms with Crippen LogP contribution in [0.1, 0.15) is 35.7 Å². The quantitative estimate of drug-likeness (QED) is 0.761. The molecular weight excluding hydrogens is 178 g/mol. The maximum Gasteiger partial charge on any atom is 0.250 e. The van der Waals surface area contributed by atoms with Crippen LogP contribution in [0.25, 0.3) is 0 Å². The van der Waals surface area contributed by atoms with E-state index >= 15 is 0 Å². The lowest BCUT2D eigenvalue weighted by atomic mass is 9.99. The molecule has 0 aliphatic rings. The van der Waals surface area contributed by atoms with E-state index < -0.39 is 5.91 Å². The molecule has 0 saturated carbocycles. The van der Waals surface area contributed by atoms with Crippen molar-refractivity contribution in [3.63, 3.8) is 0 Å². The van der Waals surface area contributed by atoms with Gasteiger partial charge in [-0.25, -0.2) is 4.98 Å². The molecule has 14 heavy (non-hydrogen) atoms. The van der Waals surface area contributed by atoms with Crippen LogP contribution in [-0.2, 0) is 0 Å². The van der Waals surface area contributed by atoms with Crippen LogP contribution >= 0.6 is 0 Å². The normalized spacial score (nSPS) is 10.3. The Labute approximate surface area is 83.5 Å². The summed E-state index contributed by atoms with van der Waals surface area (Å²) in [7, 11) is 1.79. The molecule has 1 amide bonds. The largest absolute Gasteiger partial charge is 0.373 e. The van der Waals surface area contributed by atoms with Crippen LogP contribution in [0, 0.1) is 0 Å². The van der Waals surface area contributed by atoms with Gasteiger partial charge in [-0.05, 0) is 17.5 Å². The van der Waals surface area contributed by atoms with Crippen molar-refractivity contribution >= 4 is 11.7 Å². The van der Waals surface area contributed by atoms with E-state index in [4.69, 9.17) is 5.73 Å². The molecule has 0 aromatic carbocycles. The molecule has 0 spiro atoms. The van der Waals surface area contributed by atoms with Crippen LogP contribution in [0.2, 0.25) is 0 Å². The summed E-state index contributed by atoms with van der Waals surface area (Å²) in [6.45, 7) is 4.03. The fraction of sp³-hybridized carbons (Fsp3) is 0.400. The van der Waals surface area contributed by atoms with Gasteiger partial charge < -0.3 is 11.1 Å². The predicted molar refractivity (Wildman–Crippen MR) is 56.4 cm³/mol. The van der Waals surface area contributed by atoms with Crippen molar-refractivity contribution in [3.05, 3.63) is 23.4 Å². The second-order valence-corrected chi connectivity index (χ2v) is 3.43. The zero-order chi connectivity index (χ0) is 10.7. The Kier molecular flexibility index (Phi) is 3.06. The van der Waals surface area contributed by atoms with Gasteiger partial charge in [-0.15, -0.1) is 0 Å². The summed E-state index contributed by atoms with van der Waals surface area (Å²) in [6, 6.07) is 1.85. The number of carbonyl (C=O) groups is 1. The topological polar surface area (TPSA) is 68.0 Å². The molecule has 0 aliphatic carbocycles. The molecule has 0 unspecified atom stereocenters. The summed E-state index contributed by atoms with van der Waals surface area (Å²) in [5.74, 6) is 0.579. The van der Waals surface area contributed by atoms with Crippen LogP contribution in [0.5, 0.6) is 0 Å². The third kappa shape index (κ3) is 2.02. The fourth-order valence-electron chi connectivity index (χ4n) is 1.29. The van der Waals surface area contributed by atoms with E-state index in [-0.39, 0.29) is 5.92 Å². The lowest BCUT2D eigenvalue weighted by Gasteiger charge is -2.11. The molecule has 1 heterocycles. The molecule has 0 saturated heterocycles. The van der Waals surface area contributed by atoms with E-state index in [1.165, 1.54) is 6.20 Å². The Morgan fingerprint density at radius 3 is 2.64 bits per heavy atom. The Balaban J connectivity index is 3.24. The Bertz CT molecular complexity index is 347. The number of hydrogen-bond acceptors (Lipinski definition) is 3. The predicted octanol–water partition coefficient (Wildman–Crippen LogP) is 1.35. The Morgan fingerprint density at radius 2 is 2.21 bits per heavy atom.